The van der Waals surface area contributed by atoms with Crippen molar-refractivity contribution in [1.29, 1.82) is 0 Å². The van der Waals surface area contributed by atoms with Crippen molar-refractivity contribution < 1.29 is 9.90 Å². The molecule has 4 heteroatoms. The second kappa shape index (κ2) is 9.95. The second-order valence-corrected chi connectivity index (χ2v) is 3.74. The highest BCUT2D eigenvalue weighted by molar-refractivity contribution is 7.08. The fraction of sp³-hybridized carbons (Fsp3) is 0.100. The van der Waals surface area contributed by atoms with Gasteiger partial charge in [-0.05, 0) is 21.5 Å². The van der Waals surface area contributed by atoms with Crippen LogP contribution in [-0.4, -0.2) is 11.1 Å². The number of thiophene rings is 2. The molecule has 1 N–H and O–H groups in total. The molecule has 0 saturated carbocycles. The normalized spacial score (nSPS) is 7.50. The van der Waals surface area contributed by atoms with Gasteiger partial charge in [0.1, 0.15) is 0 Å². The number of carbonyl (C=O) groups is 1. The van der Waals surface area contributed by atoms with E-state index in [1.54, 1.807) is 22.7 Å². The van der Waals surface area contributed by atoms with Gasteiger partial charge in [-0.1, -0.05) is 24.3 Å². The van der Waals surface area contributed by atoms with Crippen molar-refractivity contribution >= 4 is 28.6 Å². The number of rotatable bonds is 0. The van der Waals surface area contributed by atoms with Crippen LogP contribution in [0, 0.1) is 0 Å². The first-order valence-corrected chi connectivity index (χ1v) is 5.76. The molecule has 0 saturated heterocycles. The van der Waals surface area contributed by atoms with Gasteiger partial charge in [0, 0.05) is 6.92 Å². The summed E-state index contributed by atoms with van der Waals surface area (Å²) in [6, 6.07) is 8.07. The van der Waals surface area contributed by atoms with Gasteiger partial charge in [0.25, 0.3) is 5.97 Å². The Hall–Kier alpha value is -1.13. The highest BCUT2D eigenvalue weighted by Crippen LogP contribution is 1.92. The van der Waals surface area contributed by atoms with Gasteiger partial charge in [0.05, 0.1) is 0 Å². The average molecular weight is 228 g/mol. The molecule has 0 amide bonds. The van der Waals surface area contributed by atoms with E-state index < -0.39 is 5.97 Å². The predicted molar refractivity (Wildman–Crippen MR) is 61.9 cm³/mol. The van der Waals surface area contributed by atoms with Gasteiger partial charge in [0.2, 0.25) is 0 Å². The Labute approximate surface area is 91.5 Å². The van der Waals surface area contributed by atoms with Crippen molar-refractivity contribution in [2.75, 3.05) is 0 Å². The van der Waals surface area contributed by atoms with Gasteiger partial charge in [-0.25, -0.2) is 0 Å². The molecule has 2 aromatic rings. The van der Waals surface area contributed by atoms with Crippen LogP contribution < -0.4 is 0 Å². The molecule has 2 aromatic heterocycles. The van der Waals surface area contributed by atoms with E-state index in [9.17, 15) is 0 Å². The maximum atomic E-state index is 9.00. The molecule has 0 aliphatic heterocycles. The SMILES string of the molecule is CC(=O)O.c1ccsc1.c1ccsc1. The lowest BCUT2D eigenvalue weighted by molar-refractivity contribution is -0.134. The van der Waals surface area contributed by atoms with E-state index in [1.165, 1.54) is 0 Å². The number of hydrogen-bond donors (Lipinski definition) is 1. The molecule has 2 rings (SSSR count). The molecule has 0 fully saturated rings. The maximum absolute atomic E-state index is 9.00. The summed E-state index contributed by atoms with van der Waals surface area (Å²) < 4.78 is 0. The molecule has 14 heavy (non-hydrogen) atoms. The minimum atomic E-state index is -0.833. The number of carboxylic acid groups (broad SMARTS) is 1. The molecule has 0 radical (unpaired) electrons. The first-order chi connectivity index (χ1) is 6.73. The quantitative estimate of drug-likeness (QED) is 0.748. The Kier molecular flexibility index (Phi) is 9.15. The van der Waals surface area contributed by atoms with Crippen molar-refractivity contribution in [3.8, 4) is 0 Å². The smallest absolute Gasteiger partial charge is 0.300 e. The number of hydrogen-bond acceptors (Lipinski definition) is 3. The maximum Gasteiger partial charge on any atom is 0.300 e. The minimum absolute atomic E-state index is 0.833. The highest BCUT2D eigenvalue weighted by atomic mass is 32.1. The van der Waals surface area contributed by atoms with Gasteiger partial charge in [-0.3, -0.25) is 4.79 Å². The Bertz CT molecular complexity index is 223. The average Bonchev–Trinajstić information content (AvgIpc) is 2.83. The standard InChI is InChI=1S/2C4H4S.C2H4O2/c2*1-2-4-5-3-1;1-2(3)4/h2*1-4H;1H3,(H,3,4). The van der Waals surface area contributed by atoms with Crippen molar-refractivity contribution in [1.82, 2.24) is 0 Å². The van der Waals surface area contributed by atoms with E-state index in [2.05, 4.69) is 0 Å². The fourth-order valence-corrected chi connectivity index (χ4v) is 1.36. The minimum Gasteiger partial charge on any atom is -0.481 e. The summed E-state index contributed by atoms with van der Waals surface area (Å²) in [5.41, 5.74) is 0. The van der Waals surface area contributed by atoms with Crippen LogP contribution in [0.2, 0.25) is 0 Å². The molecule has 0 aliphatic rings. The van der Waals surface area contributed by atoms with Crippen LogP contribution in [0.25, 0.3) is 0 Å². The van der Waals surface area contributed by atoms with Crippen molar-refractivity contribution in [2.45, 2.75) is 6.92 Å². The summed E-state index contributed by atoms with van der Waals surface area (Å²) in [4.78, 5) is 9.00. The molecule has 0 aliphatic carbocycles. The van der Waals surface area contributed by atoms with E-state index >= 15 is 0 Å². The van der Waals surface area contributed by atoms with Crippen LogP contribution in [0.15, 0.2) is 45.8 Å². The fourth-order valence-electron chi connectivity index (χ4n) is 0.454. The third-order valence-corrected chi connectivity index (χ3v) is 2.11. The highest BCUT2D eigenvalue weighted by Gasteiger charge is 1.65. The molecule has 0 unspecified atom stereocenters. The molecule has 76 valence electrons. The molecule has 0 bridgehead atoms. The summed E-state index contributed by atoms with van der Waals surface area (Å²) in [6.45, 7) is 1.08. The van der Waals surface area contributed by atoms with Gasteiger partial charge >= 0.3 is 0 Å². The lowest BCUT2D eigenvalue weighted by atomic mass is 10.7. The van der Waals surface area contributed by atoms with Crippen LogP contribution in [0.4, 0.5) is 0 Å². The van der Waals surface area contributed by atoms with Gasteiger partial charge in [-0.15, -0.1) is 0 Å². The first-order valence-electron chi connectivity index (χ1n) is 3.87. The monoisotopic (exact) mass is 228 g/mol. The van der Waals surface area contributed by atoms with Crippen molar-refractivity contribution in [3.63, 3.8) is 0 Å². The zero-order chi connectivity index (χ0) is 10.6. The van der Waals surface area contributed by atoms with Gasteiger partial charge in [0.15, 0.2) is 0 Å². The Morgan fingerprint density at radius 1 is 0.929 bits per heavy atom. The summed E-state index contributed by atoms with van der Waals surface area (Å²) in [5.74, 6) is -0.833. The topological polar surface area (TPSA) is 37.3 Å². The number of aliphatic carboxylic acids is 1. The van der Waals surface area contributed by atoms with Crippen molar-refractivity contribution in [3.05, 3.63) is 45.8 Å². The van der Waals surface area contributed by atoms with E-state index in [-0.39, 0.29) is 0 Å². The predicted octanol–water partition coefficient (Wildman–Crippen LogP) is 3.59. The van der Waals surface area contributed by atoms with E-state index in [0.29, 0.717) is 0 Å². The lowest BCUT2D eigenvalue weighted by Gasteiger charge is -1.59. The first kappa shape index (κ1) is 12.9. The largest absolute Gasteiger partial charge is 0.481 e. The third kappa shape index (κ3) is 13.5. The summed E-state index contributed by atoms with van der Waals surface area (Å²) in [7, 11) is 0. The molecule has 2 nitrogen and oxygen atoms in total. The second-order valence-electron chi connectivity index (χ2n) is 2.11. The molecule has 2 heterocycles. The van der Waals surface area contributed by atoms with Crippen LogP contribution in [-0.2, 0) is 4.79 Å². The van der Waals surface area contributed by atoms with Gasteiger partial charge < -0.3 is 5.11 Å². The zero-order valence-corrected chi connectivity index (χ0v) is 9.42. The lowest BCUT2D eigenvalue weighted by Crippen LogP contribution is -1.78. The van der Waals surface area contributed by atoms with E-state index in [1.807, 2.05) is 45.8 Å². The van der Waals surface area contributed by atoms with Gasteiger partial charge in [-0.2, -0.15) is 22.7 Å². The van der Waals surface area contributed by atoms with Crippen LogP contribution in [0.1, 0.15) is 6.92 Å². The number of carboxylic acids is 1. The van der Waals surface area contributed by atoms with Crippen LogP contribution in [0.3, 0.4) is 0 Å². The van der Waals surface area contributed by atoms with E-state index in [0.717, 1.165) is 6.92 Å². The molecular weight excluding hydrogens is 216 g/mol. The molecular formula is C10H12O2S2. The zero-order valence-electron chi connectivity index (χ0n) is 7.79. The summed E-state index contributed by atoms with van der Waals surface area (Å²) in [6.07, 6.45) is 0. The van der Waals surface area contributed by atoms with Crippen LogP contribution >= 0.6 is 22.7 Å². The van der Waals surface area contributed by atoms with Crippen LogP contribution in [0.5, 0.6) is 0 Å². The van der Waals surface area contributed by atoms with Crippen molar-refractivity contribution in [2.24, 2.45) is 0 Å². The summed E-state index contributed by atoms with van der Waals surface area (Å²) >= 11 is 3.43. The Morgan fingerprint density at radius 2 is 1.14 bits per heavy atom. The Balaban J connectivity index is 0.000000183. The Morgan fingerprint density at radius 3 is 1.21 bits per heavy atom. The third-order valence-electron chi connectivity index (χ3n) is 0.851. The van der Waals surface area contributed by atoms with E-state index in [4.69, 9.17) is 9.90 Å². The summed E-state index contributed by atoms with van der Waals surface area (Å²) in [5, 5.41) is 15.6. The molecule has 0 aromatic carbocycles. The molecule has 0 spiro atoms. The molecule has 0 atom stereocenters.